The lowest BCUT2D eigenvalue weighted by molar-refractivity contribution is -0.124. The second-order valence-corrected chi connectivity index (χ2v) is 7.90. The van der Waals surface area contributed by atoms with Crippen LogP contribution < -0.4 is 10.6 Å². The molecule has 1 aliphatic rings. The second-order valence-electron chi connectivity index (χ2n) is 7.90. The Bertz CT molecular complexity index is 1190. The van der Waals surface area contributed by atoms with Crippen molar-refractivity contribution in [3.63, 3.8) is 0 Å². The number of carbonyl (C=O) groups is 2. The Balaban J connectivity index is 1.74. The molecule has 1 unspecified atom stereocenters. The van der Waals surface area contributed by atoms with E-state index in [0.29, 0.717) is 30.8 Å². The Hall–Kier alpha value is -3.99. The third-order valence-corrected chi connectivity index (χ3v) is 5.89. The first-order valence-corrected chi connectivity index (χ1v) is 11.2. The van der Waals surface area contributed by atoms with Crippen molar-refractivity contribution >= 4 is 17.4 Å². The third-order valence-electron chi connectivity index (χ3n) is 5.89. The number of benzene rings is 2. The van der Waals surface area contributed by atoms with Crippen LogP contribution in [0, 0.1) is 0 Å². The van der Waals surface area contributed by atoms with Crippen LogP contribution in [0.15, 0.2) is 97.2 Å². The average Bonchev–Trinajstić information content (AvgIpc) is 2.88. The standard InChI is InChI=1S/C28H27N3O2/c1-2-29-27(33)28(25-17-9-11-19-30-25)18-10-8-16-24(28)23-15-7-6-14-22(23)20-31-26(32)21-12-4-3-5-13-21/h3-17,19H,2,18,20H2,1H3,(H,29,33)(H,31,32). The topological polar surface area (TPSA) is 71.1 Å². The predicted molar refractivity (Wildman–Crippen MR) is 130 cm³/mol. The van der Waals surface area contributed by atoms with Crippen LogP contribution in [-0.2, 0) is 16.8 Å². The quantitative estimate of drug-likeness (QED) is 0.575. The fourth-order valence-corrected chi connectivity index (χ4v) is 4.29. The number of pyridine rings is 1. The fourth-order valence-electron chi connectivity index (χ4n) is 4.29. The van der Waals surface area contributed by atoms with Gasteiger partial charge < -0.3 is 10.6 Å². The zero-order chi connectivity index (χ0) is 23.1. The fraction of sp³-hybridized carbons (Fsp3) is 0.179. The lowest BCUT2D eigenvalue weighted by Crippen LogP contribution is -2.46. The Labute approximate surface area is 194 Å². The SMILES string of the molecule is CCNC(=O)C1(c2ccccn2)CC=CC=C1c1ccccc1CNC(=O)c1ccccc1. The van der Waals surface area contributed by atoms with Gasteiger partial charge in [0.2, 0.25) is 5.91 Å². The van der Waals surface area contributed by atoms with Gasteiger partial charge in [-0.05, 0) is 54.3 Å². The Kier molecular flexibility index (Phi) is 6.79. The molecule has 1 aromatic heterocycles. The van der Waals surface area contributed by atoms with Crippen molar-refractivity contribution in [2.24, 2.45) is 0 Å². The third kappa shape index (κ3) is 4.48. The van der Waals surface area contributed by atoms with Gasteiger partial charge in [0, 0.05) is 24.8 Å². The minimum Gasteiger partial charge on any atom is -0.355 e. The van der Waals surface area contributed by atoms with Gasteiger partial charge >= 0.3 is 0 Å². The van der Waals surface area contributed by atoms with Gasteiger partial charge in [0.1, 0.15) is 5.41 Å². The summed E-state index contributed by atoms with van der Waals surface area (Å²) in [5.74, 6) is -0.218. The molecular formula is C28H27N3O2. The van der Waals surface area contributed by atoms with Gasteiger partial charge in [0.15, 0.2) is 0 Å². The molecular weight excluding hydrogens is 410 g/mol. The lowest BCUT2D eigenvalue weighted by Gasteiger charge is -2.36. The highest BCUT2D eigenvalue weighted by atomic mass is 16.2. The van der Waals surface area contributed by atoms with Gasteiger partial charge in [-0.25, -0.2) is 0 Å². The van der Waals surface area contributed by atoms with E-state index in [0.717, 1.165) is 16.7 Å². The maximum atomic E-state index is 13.6. The molecule has 1 heterocycles. The predicted octanol–water partition coefficient (Wildman–Crippen LogP) is 4.43. The normalized spacial score (nSPS) is 17.2. The molecule has 1 atom stereocenters. The number of rotatable bonds is 7. The van der Waals surface area contributed by atoms with Gasteiger partial charge in [-0.15, -0.1) is 0 Å². The summed E-state index contributed by atoms with van der Waals surface area (Å²) in [5.41, 5.74) is 3.10. The highest BCUT2D eigenvalue weighted by Crippen LogP contribution is 2.44. The summed E-state index contributed by atoms with van der Waals surface area (Å²) in [6.07, 6.45) is 8.21. The Morgan fingerprint density at radius 2 is 1.70 bits per heavy atom. The molecule has 2 N–H and O–H groups in total. The number of carbonyl (C=O) groups excluding carboxylic acids is 2. The van der Waals surface area contributed by atoms with Crippen molar-refractivity contribution in [3.05, 3.63) is 120 Å². The van der Waals surface area contributed by atoms with Crippen LogP contribution >= 0.6 is 0 Å². The van der Waals surface area contributed by atoms with Crippen LogP contribution in [0.5, 0.6) is 0 Å². The first-order valence-electron chi connectivity index (χ1n) is 11.2. The summed E-state index contributed by atoms with van der Waals surface area (Å²) in [4.78, 5) is 30.8. The Morgan fingerprint density at radius 3 is 2.45 bits per heavy atom. The molecule has 0 bridgehead atoms. The molecule has 2 amide bonds. The maximum absolute atomic E-state index is 13.6. The molecule has 0 spiro atoms. The number of allylic oxidation sites excluding steroid dienone is 3. The Morgan fingerprint density at radius 1 is 0.939 bits per heavy atom. The van der Waals surface area contributed by atoms with E-state index in [-0.39, 0.29) is 11.8 Å². The highest BCUT2D eigenvalue weighted by molar-refractivity contribution is 6.03. The molecule has 2 aromatic carbocycles. The number of nitrogens with zero attached hydrogens (tertiary/aromatic N) is 1. The molecule has 166 valence electrons. The van der Waals surface area contributed by atoms with Gasteiger partial charge in [-0.2, -0.15) is 0 Å². The number of hydrogen-bond acceptors (Lipinski definition) is 3. The van der Waals surface area contributed by atoms with Crippen LogP contribution in [0.25, 0.3) is 5.57 Å². The number of hydrogen-bond donors (Lipinski definition) is 2. The van der Waals surface area contributed by atoms with Gasteiger partial charge in [-0.1, -0.05) is 66.8 Å². The molecule has 0 saturated heterocycles. The van der Waals surface area contributed by atoms with Crippen LogP contribution in [0.1, 0.15) is 40.5 Å². The van der Waals surface area contributed by atoms with Crippen LogP contribution in [-0.4, -0.2) is 23.3 Å². The smallest absolute Gasteiger partial charge is 0.251 e. The van der Waals surface area contributed by atoms with E-state index in [2.05, 4.69) is 15.6 Å². The van der Waals surface area contributed by atoms with Crippen molar-refractivity contribution in [2.45, 2.75) is 25.3 Å². The number of nitrogens with one attached hydrogen (secondary N) is 2. The maximum Gasteiger partial charge on any atom is 0.251 e. The molecule has 0 saturated carbocycles. The number of likely N-dealkylation sites (N-methyl/N-ethyl adjacent to an activating group) is 1. The molecule has 0 aliphatic heterocycles. The summed E-state index contributed by atoms with van der Waals surface area (Å²) in [6, 6.07) is 22.7. The lowest BCUT2D eigenvalue weighted by atomic mass is 9.68. The van der Waals surface area contributed by atoms with Crippen LogP contribution in [0.4, 0.5) is 0 Å². The van der Waals surface area contributed by atoms with E-state index in [4.69, 9.17) is 0 Å². The molecule has 5 heteroatoms. The van der Waals surface area contributed by atoms with Crippen LogP contribution in [0.3, 0.4) is 0 Å². The van der Waals surface area contributed by atoms with Gasteiger partial charge in [-0.3, -0.25) is 14.6 Å². The van der Waals surface area contributed by atoms with Crippen molar-refractivity contribution in [1.82, 2.24) is 15.6 Å². The summed E-state index contributed by atoms with van der Waals surface area (Å²) in [6.45, 7) is 2.79. The van der Waals surface area contributed by atoms with Crippen molar-refractivity contribution in [1.29, 1.82) is 0 Å². The average molecular weight is 438 g/mol. The van der Waals surface area contributed by atoms with Crippen molar-refractivity contribution < 1.29 is 9.59 Å². The molecule has 0 radical (unpaired) electrons. The zero-order valence-corrected chi connectivity index (χ0v) is 18.6. The van der Waals surface area contributed by atoms with E-state index in [1.807, 2.05) is 85.8 Å². The second kappa shape index (κ2) is 10.1. The minimum absolute atomic E-state index is 0.0811. The monoisotopic (exact) mass is 437 g/mol. The van der Waals surface area contributed by atoms with Crippen LogP contribution in [0.2, 0.25) is 0 Å². The zero-order valence-electron chi connectivity index (χ0n) is 18.6. The van der Waals surface area contributed by atoms with E-state index in [1.54, 1.807) is 18.3 Å². The summed E-state index contributed by atoms with van der Waals surface area (Å²) >= 11 is 0. The van der Waals surface area contributed by atoms with Gasteiger partial charge in [0.05, 0.1) is 5.69 Å². The largest absolute Gasteiger partial charge is 0.355 e. The van der Waals surface area contributed by atoms with E-state index < -0.39 is 5.41 Å². The summed E-state index contributed by atoms with van der Waals surface area (Å²) in [5, 5.41) is 6.04. The van der Waals surface area contributed by atoms with E-state index >= 15 is 0 Å². The number of amides is 2. The molecule has 4 rings (SSSR count). The number of aromatic nitrogens is 1. The summed E-state index contributed by atoms with van der Waals surface area (Å²) in [7, 11) is 0. The van der Waals surface area contributed by atoms with E-state index in [9.17, 15) is 9.59 Å². The molecule has 33 heavy (non-hydrogen) atoms. The molecule has 5 nitrogen and oxygen atoms in total. The van der Waals surface area contributed by atoms with E-state index in [1.165, 1.54) is 0 Å². The minimum atomic E-state index is -0.953. The first kappa shape index (κ1) is 22.2. The molecule has 1 aliphatic carbocycles. The molecule has 0 fully saturated rings. The highest BCUT2D eigenvalue weighted by Gasteiger charge is 2.45. The summed E-state index contributed by atoms with van der Waals surface area (Å²) < 4.78 is 0. The molecule has 3 aromatic rings. The van der Waals surface area contributed by atoms with Gasteiger partial charge in [0.25, 0.3) is 5.91 Å². The van der Waals surface area contributed by atoms with Crippen molar-refractivity contribution in [2.75, 3.05) is 6.54 Å². The first-order chi connectivity index (χ1) is 16.2. The van der Waals surface area contributed by atoms with Crippen molar-refractivity contribution in [3.8, 4) is 0 Å².